The minimum absolute atomic E-state index is 0.643. The van der Waals surface area contributed by atoms with Gasteiger partial charge in [0.25, 0.3) is 0 Å². The van der Waals surface area contributed by atoms with Gasteiger partial charge >= 0.3 is 0 Å². The molecule has 0 amide bonds. The van der Waals surface area contributed by atoms with Crippen molar-refractivity contribution in [3.8, 4) is 0 Å². The predicted molar refractivity (Wildman–Crippen MR) is 56.4 cm³/mol. The molecule has 1 fully saturated rings. The van der Waals surface area contributed by atoms with Crippen LogP contribution in [0.4, 0.5) is 0 Å². The van der Waals surface area contributed by atoms with Gasteiger partial charge < -0.3 is 4.74 Å². The van der Waals surface area contributed by atoms with Gasteiger partial charge in [-0.25, -0.2) is 0 Å². The van der Waals surface area contributed by atoms with Crippen LogP contribution in [0.15, 0.2) is 0 Å². The predicted octanol–water partition coefficient (Wildman–Crippen LogP) is 2.12. The monoisotopic (exact) mass is 205 g/mol. The number of unbranched alkanes of at least 4 members (excludes halogenated alkanes) is 1. The lowest BCUT2D eigenvalue weighted by Gasteiger charge is -2.34. The molecule has 0 bridgehead atoms. The number of hydrogen-bond donors (Lipinski definition) is 0. The summed E-state index contributed by atoms with van der Waals surface area (Å²) in [5.41, 5.74) is 0. The van der Waals surface area contributed by atoms with Crippen LogP contribution in [0.25, 0.3) is 0 Å². The molecule has 1 unspecified atom stereocenters. The maximum absolute atomic E-state index is 5.65. The lowest BCUT2D eigenvalue weighted by molar-refractivity contribution is -0.00896. The van der Waals surface area contributed by atoms with E-state index in [-0.39, 0.29) is 0 Å². The molecule has 0 aromatic rings. The summed E-state index contributed by atoms with van der Waals surface area (Å²) >= 11 is 5.65. The molecule has 78 valence electrons. The van der Waals surface area contributed by atoms with Crippen LogP contribution < -0.4 is 0 Å². The number of morpholine rings is 1. The second-order valence-corrected chi connectivity index (χ2v) is 3.95. The van der Waals surface area contributed by atoms with Gasteiger partial charge in [0, 0.05) is 18.5 Å². The van der Waals surface area contributed by atoms with Crippen LogP contribution in [0.1, 0.15) is 26.2 Å². The van der Waals surface area contributed by atoms with E-state index < -0.39 is 0 Å². The van der Waals surface area contributed by atoms with Crippen molar-refractivity contribution in [3.63, 3.8) is 0 Å². The summed E-state index contributed by atoms with van der Waals surface area (Å²) in [5, 5.41) is 0. The van der Waals surface area contributed by atoms with Gasteiger partial charge in [0.2, 0.25) is 0 Å². The molecule has 1 atom stereocenters. The van der Waals surface area contributed by atoms with Crippen molar-refractivity contribution in [1.82, 2.24) is 4.90 Å². The van der Waals surface area contributed by atoms with Gasteiger partial charge in [-0.1, -0.05) is 6.92 Å². The zero-order valence-corrected chi connectivity index (χ0v) is 9.22. The Kier molecular flexibility index (Phi) is 5.76. The molecular formula is C10H20ClNO. The number of nitrogens with zero attached hydrogens (tertiary/aromatic N) is 1. The molecule has 0 aliphatic carbocycles. The summed E-state index contributed by atoms with van der Waals surface area (Å²) in [5.74, 6) is 0.793. The van der Waals surface area contributed by atoms with Gasteiger partial charge in [-0.2, -0.15) is 0 Å². The van der Waals surface area contributed by atoms with Crippen molar-refractivity contribution in [2.45, 2.75) is 32.2 Å². The van der Waals surface area contributed by atoms with Crippen molar-refractivity contribution >= 4 is 11.6 Å². The van der Waals surface area contributed by atoms with Crippen molar-refractivity contribution in [1.29, 1.82) is 0 Å². The Labute approximate surface area is 86.2 Å². The van der Waals surface area contributed by atoms with E-state index in [1.54, 1.807) is 0 Å². The third-order valence-corrected chi connectivity index (χ3v) is 2.92. The molecule has 1 heterocycles. The van der Waals surface area contributed by atoms with Crippen LogP contribution in [0.3, 0.4) is 0 Å². The summed E-state index contributed by atoms with van der Waals surface area (Å²) in [6.45, 7) is 6.33. The van der Waals surface area contributed by atoms with Gasteiger partial charge in [0.1, 0.15) is 0 Å². The Bertz CT molecular complexity index is 132. The highest BCUT2D eigenvalue weighted by Crippen LogP contribution is 2.11. The highest BCUT2D eigenvalue weighted by molar-refractivity contribution is 6.17. The molecule has 1 saturated heterocycles. The highest BCUT2D eigenvalue weighted by Gasteiger charge is 2.20. The van der Waals surface area contributed by atoms with Crippen molar-refractivity contribution in [3.05, 3.63) is 0 Å². The lowest BCUT2D eigenvalue weighted by Crippen LogP contribution is -2.45. The lowest BCUT2D eigenvalue weighted by atomic mass is 10.1. The zero-order valence-electron chi connectivity index (χ0n) is 8.47. The molecule has 0 aromatic carbocycles. The molecular weight excluding hydrogens is 186 g/mol. The van der Waals surface area contributed by atoms with E-state index >= 15 is 0 Å². The van der Waals surface area contributed by atoms with Crippen LogP contribution in [-0.4, -0.2) is 43.1 Å². The molecule has 3 heteroatoms. The summed E-state index contributed by atoms with van der Waals surface area (Å²) < 4.78 is 5.44. The highest BCUT2D eigenvalue weighted by atomic mass is 35.5. The first-order chi connectivity index (χ1) is 6.38. The molecule has 13 heavy (non-hydrogen) atoms. The molecule has 1 aliphatic heterocycles. The van der Waals surface area contributed by atoms with E-state index in [0.717, 1.165) is 32.1 Å². The van der Waals surface area contributed by atoms with Crippen molar-refractivity contribution in [2.75, 3.05) is 32.2 Å². The van der Waals surface area contributed by atoms with Crippen molar-refractivity contribution in [2.24, 2.45) is 0 Å². The van der Waals surface area contributed by atoms with Crippen LogP contribution in [0.5, 0.6) is 0 Å². The van der Waals surface area contributed by atoms with Gasteiger partial charge in [-0.05, 0) is 25.8 Å². The molecule has 0 aromatic heterocycles. The summed E-state index contributed by atoms with van der Waals surface area (Å²) in [6, 6.07) is 0.643. The minimum atomic E-state index is 0.643. The number of halogens is 1. The maximum Gasteiger partial charge on any atom is 0.0622 e. The third kappa shape index (κ3) is 3.84. The van der Waals surface area contributed by atoms with Crippen LogP contribution >= 0.6 is 11.6 Å². The Morgan fingerprint density at radius 1 is 1.46 bits per heavy atom. The first-order valence-corrected chi connectivity index (χ1v) is 5.79. The van der Waals surface area contributed by atoms with Gasteiger partial charge in [0.05, 0.1) is 13.2 Å². The van der Waals surface area contributed by atoms with Crippen LogP contribution in [-0.2, 0) is 4.74 Å². The number of hydrogen-bond acceptors (Lipinski definition) is 2. The largest absolute Gasteiger partial charge is 0.378 e. The fraction of sp³-hybridized carbons (Fsp3) is 1.00. The van der Waals surface area contributed by atoms with E-state index in [4.69, 9.17) is 16.3 Å². The smallest absolute Gasteiger partial charge is 0.0622 e. The zero-order chi connectivity index (χ0) is 9.52. The summed E-state index contributed by atoms with van der Waals surface area (Å²) in [7, 11) is 0. The average Bonchev–Trinajstić information content (AvgIpc) is 2.19. The standard InChI is InChI=1S/C10H20ClNO/c1-2-10-9-13-8-7-12(10)6-4-3-5-11/h10H,2-9H2,1H3. The Morgan fingerprint density at radius 3 is 3.00 bits per heavy atom. The van der Waals surface area contributed by atoms with Crippen LogP contribution in [0, 0.1) is 0 Å². The normalized spacial score (nSPS) is 24.9. The summed E-state index contributed by atoms with van der Waals surface area (Å²) in [4.78, 5) is 2.54. The molecule has 0 N–H and O–H groups in total. The fourth-order valence-electron chi connectivity index (χ4n) is 1.77. The topological polar surface area (TPSA) is 12.5 Å². The van der Waals surface area contributed by atoms with E-state index in [0.29, 0.717) is 6.04 Å². The van der Waals surface area contributed by atoms with Gasteiger partial charge in [0.15, 0.2) is 0 Å². The maximum atomic E-state index is 5.65. The van der Waals surface area contributed by atoms with Crippen LogP contribution in [0.2, 0.25) is 0 Å². The second-order valence-electron chi connectivity index (χ2n) is 3.57. The number of rotatable bonds is 5. The quantitative estimate of drug-likeness (QED) is 0.504. The minimum Gasteiger partial charge on any atom is -0.378 e. The first-order valence-electron chi connectivity index (χ1n) is 5.26. The SMILES string of the molecule is CCC1COCCN1CCCCCl. The second kappa shape index (κ2) is 6.63. The summed E-state index contributed by atoms with van der Waals surface area (Å²) in [6.07, 6.45) is 3.55. The molecule has 0 spiro atoms. The molecule has 0 saturated carbocycles. The molecule has 0 radical (unpaired) electrons. The van der Waals surface area contributed by atoms with E-state index in [1.807, 2.05) is 0 Å². The Balaban J connectivity index is 2.19. The van der Waals surface area contributed by atoms with E-state index in [9.17, 15) is 0 Å². The molecule has 1 rings (SSSR count). The van der Waals surface area contributed by atoms with E-state index in [1.165, 1.54) is 19.4 Å². The van der Waals surface area contributed by atoms with Crippen molar-refractivity contribution < 1.29 is 4.74 Å². The molecule has 1 aliphatic rings. The van der Waals surface area contributed by atoms with E-state index in [2.05, 4.69) is 11.8 Å². The molecule has 2 nitrogen and oxygen atoms in total. The average molecular weight is 206 g/mol. The van der Waals surface area contributed by atoms with Gasteiger partial charge in [-0.3, -0.25) is 4.90 Å². The third-order valence-electron chi connectivity index (χ3n) is 2.65. The number of alkyl halides is 1. The number of ether oxygens (including phenoxy) is 1. The Hall–Kier alpha value is 0.210. The van der Waals surface area contributed by atoms with Gasteiger partial charge in [-0.15, -0.1) is 11.6 Å². The first kappa shape index (κ1) is 11.3. The fourth-order valence-corrected chi connectivity index (χ4v) is 1.96. The Morgan fingerprint density at radius 2 is 2.31 bits per heavy atom.